The van der Waals surface area contributed by atoms with Crippen LogP contribution in [-0.2, 0) is 6.54 Å². The number of hydrogen-bond donors (Lipinski definition) is 1. The molecule has 1 fully saturated rings. The molecule has 5 heteroatoms. The number of halogens is 1. The van der Waals surface area contributed by atoms with Crippen molar-refractivity contribution >= 4 is 12.2 Å². The molecule has 130 valence electrons. The minimum Gasteiger partial charge on any atom is -0.465 e. The summed E-state index contributed by atoms with van der Waals surface area (Å²) in [6.45, 7) is 2.49. The van der Waals surface area contributed by atoms with Crippen LogP contribution in [0.5, 0.6) is 0 Å². The number of piperazine rings is 1. The van der Waals surface area contributed by atoms with Crippen LogP contribution in [0, 0.1) is 5.82 Å². The standard InChI is InChI=1S/C20H21FN2O2/c21-19-9-5-4-8-17(19)10-11-18-15-22(12-13-23(18)20(24)25)14-16-6-2-1-3-7-16/h1-11,18H,12-15H2,(H,24,25)/t18-/m1/s1. The first-order valence-electron chi connectivity index (χ1n) is 8.32. The van der Waals surface area contributed by atoms with E-state index in [0.717, 1.165) is 6.54 Å². The highest BCUT2D eigenvalue weighted by Gasteiger charge is 2.28. The van der Waals surface area contributed by atoms with Gasteiger partial charge >= 0.3 is 6.09 Å². The second-order valence-corrected chi connectivity index (χ2v) is 6.14. The van der Waals surface area contributed by atoms with Gasteiger partial charge in [-0.2, -0.15) is 0 Å². The Morgan fingerprint density at radius 1 is 1.12 bits per heavy atom. The quantitative estimate of drug-likeness (QED) is 0.923. The van der Waals surface area contributed by atoms with Crippen LogP contribution >= 0.6 is 0 Å². The maximum Gasteiger partial charge on any atom is 0.407 e. The monoisotopic (exact) mass is 340 g/mol. The number of nitrogens with zero attached hydrogens (tertiary/aromatic N) is 2. The third-order valence-electron chi connectivity index (χ3n) is 4.40. The van der Waals surface area contributed by atoms with E-state index >= 15 is 0 Å². The number of amides is 1. The van der Waals surface area contributed by atoms with Crippen molar-refractivity contribution in [3.8, 4) is 0 Å². The maximum absolute atomic E-state index is 13.8. The summed E-state index contributed by atoms with van der Waals surface area (Å²) in [5.74, 6) is -0.308. The van der Waals surface area contributed by atoms with Gasteiger partial charge in [0.15, 0.2) is 0 Å². The zero-order valence-electron chi connectivity index (χ0n) is 13.9. The lowest BCUT2D eigenvalue weighted by molar-refractivity contribution is 0.0806. The van der Waals surface area contributed by atoms with E-state index in [0.29, 0.717) is 25.2 Å². The van der Waals surface area contributed by atoms with Crippen LogP contribution in [0.1, 0.15) is 11.1 Å². The molecule has 2 aromatic carbocycles. The van der Waals surface area contributed by atoms with Crippen molar-refractivity contribution in [2.75, 3.05) is 19.6 Å². The Morgan fingerprint density at radius 3 is 2.56 bits per heavy atom. The molecule has 0 spiro atoms. The van der Waals surface area contributed by atoms with E-state index in [-0.39, 0.29) is 11.9 Å². The second kappa shape index (κ2) is 7.94. The summed E-state index contributed by atoms with van der Waals surface area (Å²) in [7, 11) is 0. The van der Waals surface area contributed by atoms with Gasteiger partial charge in [0.1, 0.15) is 5.82 Å². The summed E-state index contributed by atoms with van der Waals surface area (Å²) >= 11 is 0. The Morgan fingerprint density at radius 2 is 1.84 bits per heavy atom. The summed E-state index contributed by atoms with van der Waals surface area (Å²) in [5.41, 5.74) is 1.66. The maximum atomic E-state index is 13.8. The highest BCUT2D eigenvalue weighted by Crippen LogP contribution is 2.17. The van der Waals surface area contributed by atoms with Gasteiger partial charge in [-0.3, -0.25) is 9.80 Å². The number of carboxylic acid groups (broad SMARTS) is 1. The fraction of sp³-hybridized carbons (Fsp3) is 0.250. The molecule has 0 unspecified atom stereocenters. The van der Waals surface area contributed by atoms with E-state index < -0.39 is 6.09 Å². The molecule has 0 aromatic heterocycles. The molecular weight excluding hydrogens is 319 g/mol. The lowest BCUT2D eigenvalue weighted by Crippen LogP contribution is -2.53. The highest BCUT2D eigenvalue weighted by molar-refractivity contribution is 5.66. The van der Waals surface area contributed by atoms with Gasteiger partial charge in [0.05, 0.1) is 6.04 Å². The van der Waals surface area contributed by atoms with Crippen molar-refractivity contribution in [3.05, 3.63) is 77.6 Å². The van der Waals surface area contributed by atoms with Crippen LogP contribution in [0.2, 0.25) is 0 Å². The van der Waals surface area contributed by atoms with Crippen LogP contribution in [0.3, 0.4) is 0 Å². The minimum absolute atomic E-state index is 0.297. The molecule has 4 nitrogen and oxygen atoms in total. The van der Waals surface area contributed by atoms with Crippen molar-refractivity contribution in [3.63, 3.8) is 0 Å². The third-order valence-corrected chi connectivity index (χ3v) is 4.40. The first-order chi connectivity index (χ1) is 12.1. The average molecular weight is 340 g/mol. The van der Waals surface area contributed by atoms with Gasteiger partial charge in [-0.25, -0.2) is 9.18 Å². The molecule has 3 rings (SSSR count). The second-order valence-electron chi connectivity index (χ2n) is 6.14. The van der Waals surface area contributed by atoms with Gasteiger partial charge in [-0.15, -0.1) is 0 Å². The highest BCUT2D eigenvalue weighted by atomic mass is 19.1. The van der Waals surface area contributed by atoms with Gasteiger partial charge < -0.3 is 5.11 Å². The van der Waals surface area contributed by atoms with Gasteiger partial charge in [0.25, 0.3) is 0 Å². The van der Waals surface area contributed by atoms with Crippen LogP contribution in [0.25, 0.3) is 6.08 Å². The number of benzene rings is 2. The molecule has 1 amide bonds. The topological polar surface area (TPSA) is 43.8 Å². The van der Waals surface area contributed by atoms with Crippen molar-refractivity contribution in [2.45, 2.75) is 12.6 Å². The smallest absolute Gasteiger partial charge is 0.407 e. The van der Waals surface area contributed by atoms with Crippen LogP contribution in [-0.4, -0.2) is 46.7 Å². The van der Waals surface area contributed by atoms with Gasteiger partial charge in [0, 0.05) is 31.7 Å². The first kappa shape index (κ1) is 17.2. The van der Waals surface area contributed by atoms with E-state index in [4.69, 9.17) is 0 Å². The number of hydrogen-bond acceptors (Lipinski definition) is 2. The van der Waals surface area contributed by atoms with E-state index in [1.54, 1.807) is 30.4 Å². The molecule has 0 bridgehead atoms. The molecule has 1 aliphatic heterocycles. The fourth-order valence-electron chi connectivity index (χ4n) is 3.08. The predicted molar refractivity (Wildman–Crippen MR) is 95.7 cm³/mol. The first-order valence-corrected chi connectivity index (χ1v) is 8.32. The summed E-state index contributed by atoms with van der Waals surface area (Å²) in [6, 6.07) is 16.3. The predicted octanol–water partition coefficient (Wildman–Crippen LogP) is 3.70. The zero-order valence-corrected chi connectivity index (χ0v) is 13.9. The summed E-state index contributed by atoms with van der Waals surface area (Å²) < 4.78 is 13.8. The fourth-order valence-corrected chi connectivity index (χ4v) is 3.08. The van der Waals surface area contributed by atoms with Crippen molar-refractivity contribution in [1.29, 1.82) is 0 Å². The van der Waals surface area contributed by atoms with E-state index in [2.05, 4.69) is 17.0 Å². The number of carbonyl (C=O) groups is 1. The van der Waals surface area contributed by atoms with E-state index in [1.807, 2.05) is 18.2 Å². The minimum atomic E-state index is -0.942. The largest absolute Gasteiger partial charge is 0.465 e. The third kappa shape index (κ3) is 4.45. The molecule has 1 atom stereocenters. The lowest BCUT2D eigenvalue weighted by Gasteiger charge is -2.38. The Labute approximate surface area is 146 Å². The van der Waals surface area contributed by atoms with Crippen molar-refractivity contribution < 1.29 is 14.3 Å². The van der Waals surface area contributed by atoms with Crippen LogP contribution < -0.4 is 0 Å². The molecule has 0 saturated carbocycles. The van der Waals surface area contributed by atoms with Crippen molar-refractivity contribution in [1.82, 2.24) is 9.80 Å². The van der Waals surface area contributed by atoms with E-state index in [9.17, 15) is 14.3 Å². The Balaban J connectivity index is 1.73. The molecule has 0 radical (unpaired) electrons. The summed E-state index contributed by atoms with van der Waals surface area (Å²) in [4.78, 5) is 15.2. The molecule has 2 aromatic rings. The van der Waals surface area contributed by atoms with Crippen LogP contribution in [0.15, 0.2) is 60.7 Å². The average Bonchev–Trinajstić information content (AvgIpc) is 2.62. The van der Waals surface area contributed by atoms with Gasteiger partial charge in [-0.05, 0) is 11.6 Å². The van der Waals surface area contributed by atoms with E-state index in [1.165, 1.54) is 16.5 Å². The molecule has 25 heavy (non-hydrogen) atoms. The molecular formula is C20H21FN2O2. The molecule has 1 heterocycles. The Kier molecular flexibility index (Phi) is 5.46. The SMILES string of the molecule is O=C(O)N1CCN(Cc2ccccc2)C[C@H]1C=Cc1ccccc1F. The lowest BCUT2D eigenvalue weighted by atomic mass is 10.1. The Hall–Kier alpha value is -2.66. The summed E-state index contributed by atoms with van der Waals surface area (Å²) in [6.07, 6.45) is 2.51. The molecule has 0 aliphatic carbocycles. The van der Waals surface area contributed by atoms with Crippen LogP contribution in [0.4, 0.5) is 9.18 Å². The van der Waals surface area contributed by atoms with Gasteiger partial charge in [-0.1, -0.05) is 60.7 Å². The zero-order chi connectivity index (χ0) is 17.6. The molecule has 1 aliphatic rings. The number of rotatable bonds is 4. The van der Waals surface area contributed by atoms with Gasteiger partial charge in [0.2, 0.25) is 0 Å². The Bertz CT molecular complexity index is 748. The molecule has 1 saturated heterocycles. The normalized spacial score (nSPS) is 18.6. The molecule has 1 N–H and O–H groups in total. The van der Waals surface area contributed by atoms with Crippen molar-refractivity contribution in [2.24, 2.45) is 0 Å². The summed E-state index contributed by atoms with van der Waals surface area (Å²) in [5, 5.41) is 9.44.